The van der Waals surface area contributed by atoms with Crippen LogP contribution in [0.25, 0.3) is 10.9 Å². The Bertz CT molecular complexity index is 1590. The fourth-order valence-electron chi connectivity index (χ4n) is 4.59. The Morgan fingerprint density at radius 3 is 2.67 bits per heavy atom. The maximum atomic E-state index is 13.9. The summed E-state index contributed by atoms with van der Waals surface area (Å²) in [5.41, 5.74) is 4.59. The molecule has 176 valence electrons. The second-order valence-electron chi connectivity index (χ2n) is 8.60. The van der Waals surface area contributed by atoms with Gasteiger partial charge in [0.05, 0.1) is 11.2 Å². The number of anilines is 3. The molecular weight excluding hydrogens is 453 g/mol. The SMILES string of the molecule is O=C(c1cccc(Nc2ccnc3ccc(F)cc23)c1)N1CCc2c(Oc3ccccc3)cccc21. The van der Waals surface area contributed by atoms with Crippen LogP contribution in [-0.2, 0) is 6.42 Å². The monoisotopic (exact) mass is 475 g/mol. The van der Waals surface area contributed by atoms with Gasteiger partial charge in [-0.25, -0.2) is 4.39 Å². The largest absolute Gasteiger partial charge is 0.457 e. The quantitative estimate of drug-likeness (QED) is 0.294. The lowest BCUT2D eigenvalue weighted by molar-refractivity contribution is 0.0989. The summed E-state index contributed by atoms with van der Waals surface area (Å²) in [5.74, 6) is 1.12. The number of ether oxygens (including phenoxy) is 1. The first kappa shape index (κ1) is 21.8. The number of amides is 1. The highest BCUT2D eigenvalue weighted by Crippen LogP contribution is 2.38. The van der Waals surface area contributed by atoms with Crippen molar-refractivity contribution >= 4 is 33.9 Å². The van der Waals surface area contributed by atoms with Crippen molar-refractivity contribution in [2.24, 2.45) is 0 Å². The van der Waals surface area contributed by atoms with Crippen LogP contribution < -0.4 is 15.0 Å². The number of benzene rings is 4. The Morgan fingerprint density at radius 2 is 1.78 bits per heavy atom. The van der Waals surface area contributed by atoms with Crippen LogP contribution in [0.3, 0.4) is 0 Å². The Labute approximate surface area is 207 Å². The third-order valence-corrected chi connectivity index (χ3v) is 6.29. The molecule has 0 unspecified atom stereocenters. The van der Waals surface area contributed by atoms with Crippen molar-refractivity contribution in [1.82, 2.24) is 4.98 Å². The molecule has 2 heterocycles. The van der Waals surface area contributed by atoms with Gasteiger partial charge in [-0.3, -0.25) is 9.78 Å². The highest BCUT2D eigenvalue weighted by molar-refractivity contribution is 6.08. The fraction of sp³-hybridized carbons (Fsp3) is 0.0667. The van der Waals surface area contributed by atoms with Crippen LogP contribution in [0.15, 0.2) is 103 Å². The molecule has 0 aliphatic carbocycles. The van der Waals surface area contributed by atoms with Gasteiger partial charge in [0.25, 0.3) is 5.91 Å². The Balaban J connectivity index is 1.27. The summed E-state index contributed by atoms with van der Waals surface area (Å²) in [7, 11) is 0. The number of halogens is 1. The Hall–Kier alpha value is -4.71. The minimum Gasteiger partial charge on any atom is -0.457 e. The van der Waals surface area contributed by atoms with Crippen LogP contribution >= 0.6 is 0 Å². The van der Waals surface area contributed by atoms with Crippen LogP contribution in [0.5, 0.6) is 11.5 Å². The van der Waals surface area contributed by atoms with Crippen molar-refractivity contribution in [2.45, 2.75) is 6.42 Å². The van der Waals surface area contributed by atoms with E-state index in [1.807, 2.05) is 66.7 Å². The number of carbonyl (C=O) groups is 1. The Morgan fingerprint density at radius 1 is 0.917 bits per heavy atom. The zero-order valence-electron chi connectivity index (χ0n) is 19.3. The minimum atomic E-state index is -0.328. The highest BCUT2D eigenvalue weighted by atomic mass is 19.1. The molecular formula is C30H22FN3O2. The first-order valence-electron chi connectivity index (χ1n) is 11.7. The molecule has 5 nitrogen and oxygen atoms in total. The number of fused-ring (bicyclic) bond motifs is 2. The number of para-hydroxylation sites is 1. The first-order valence-corrected chi connectivity index (χ1v) is 11.7. The van der Waals surface area contributed by atoms with Crippen LogP contribution in [0.4, 0.5) is 21.5 Å². The van der Waals surface area contributed by atoms with Gasteiger partial charge in [0.15, 0.2) is 0 Å². The van der Waals surface area contributed by atoms with Crippen molar-refractivity contribution < 1.29 is 13.9 Å². The normalized spacial score (nSPS) is 12.4. The number of nitrogens with one attached hydrogen (secondary N) is 1. The molecule has 1 aliphatic rings. The molecule has 6 heteroatoms. The van der Waals surface area contributed by atoms with E-state index >= 15 is 0 Å². The lowest BCUT2D eigenvalue weighted by Crippen LogP contribution is -2.28. The van der Waals surface area contributed by atoms with E-state index in [4.69, 9.17) is 4.74 Å². The van der Waals surface area contributed by atoms with Crippen molar-refractivity contribution in [2.75, 3.05) is 16.8 Å². The maximum Gasteiger partial charge on any atom is 0.258 e. The molecule has 4 aromatic carbocycles. The van der Waals surface area contributed by atoms with Crippen molar-refractivity contribution in [3.05, 3.63) is 120 Å². The third-order valence-electron chi connectivity index (χ3n) is 6.29. The van der Waals surface area contributed by atoms with E-state index in [1.54, 1.807) is 29.3 Å². The van der Waals surface area contributed by atoms with E-state index in [-0.39, 0.29) is 11.7 Å². The van der Waals surface area contributed by atoms with E-state index in [0.29, 0.717) is 23.0 Å². The lowest BCUT2D eigenvalue weighted by Gasteiger charge is -2.19. The van der Waals surface area contributed by atoms with Gasteiger partial charge >= 0.3 is 0 Å². The van der Waals surface area contributed by atoms with Gasteiger partial charge in [-0.2, -0.15) is 0 Å². The number of aromatic nitrogens is 1. The summed E-state index contributed by atoms with van der Waals surface area (Å²) in [6, 6.07) is 29.1. The predicted molar refractivity (Wildman–Crippen MR) is 140 cm³/mol. The molecule has 6 rings (SSSR count). The highest BCUT2D eigenvalue weighted by Gasteiger charge is 2.28. The second kappa shape index (κ2) is 9.15. The number of hydrogen-bond donors (Lipinski definition) is 1. The molecule has 0 saturated heterocycles. The lowest BCUT2D eigenvalue weighted by atomic mass is 10.1. The summed E-state index contributed by atoms with van der Waals surface area (Å²) >= 11 is 0. The van der Waals surface area contributed by atoms with E-state index in [0.717, 1.165) is 40.5 Å². The molecule has 0 radical (unpaired) electrons. The van der Waals surface area contributed by atoms with Crippen LogP contribution in [0.2, 0.25) is 0 Å². The van der Waals surface area contributed by atoms with Crippen LogP contribution in [0, 0.1) is 5.82 Å². The molecule has 1 aromatic heterocycles. The van der Waals surface area contributed by atoms with Gasteiger partial charge in [0.2, 0.25) is 0 Å². The van der Waals surface area contributed by atoms with Gasteiger partial charge < -0.3 is 15.0 Å². The Kier molecular flexibility index (Phi) is 5.54. The van der Waals surface area contributed by atoms with E-state index < -0.39 is 0 Å². The molecule has 1 aliphatic heterocycles. The number of pyridine rings is 1. The molecule has 36 heavy (non-hydrogen) atoms. The van der Waals surface area contributed by atoms with E-state index in [9.17, 15) is 9.18 Å². The number of rotatable bonds is 5. The molecule has 0 spiro atoms. The standard InChI is InChI=1S/C30H22FN3O2/c31-21-12-13-26-25(19-21)27(14-16-32-26)33-22-7-4-6-20(18-22)30(35)34-17-15-24-28(34)10-5-11-29(24)36-23-8-2-1-3-9-23/h1-14,16,18-19H,15,17H2,(H,32,33). The van der Waals surface area contributed by atoms with Gasteiger partial charge in [-0.05, 0) is 73.2 Å². The van der Waals surface area contributed by atoms with E-state index in [1.165, 1.54) is 12.1 Å². The number of carbonyl (C=O) groups excluding carboxylic acids is 1. The average molecular weight is 476 g/mol. The smallest absolute Gasteiger partial charge is 0.258 e. The van der Waals surface area contributed by atoms with Gasteiger partial charge in [-0.1, -0.05) is 30.3 Å². The molecule has 0 atom stereocenters. The van der Waals surface area contributed by atoms with Crippen molar-refractivity contribution in [1.29, 1.82) is 0 Å². The molecule has 1 N–H and O–H groups in total. The van der Waals surface area contributed by atoms with Gasteiger partial charge in [0.1, 0.15) is 17.3 Å². The summed E-state index contributed by atoms with van der Waals surface area (Å²) in [6.07, 6.45) is 2.39. The number of nitrogens with zero attached hydrogens (tertiary/aromatic N) is 2. The molecule has 0 saturated carbocycles. The molecule has 1 amide bonds. The van der Waals surface area contributed by atoms with Crippen LogP contribution in [-0.4, -0.2) is 17.4 Å². The van der Waals surface area contributed by atoms with E-state index in [2.05, 4.69) is 10.3 Å². The zero-order chi connectivity index (χ0) is 24.5. The average Bonchev–Trinajstić information content (AvgIpc) is 3.35. The van der Waals surface area contributed by atoms with Gasteiger partial charge in [-0.15, -0.1) is 0 Å². The summed E-state index contributed by atoms with van der Waals surface area (Å²) in [6.45, 7) is 0.579. The molecule has 0 bridgehead atoms. The molecule has 5 aromatic rings. The predicted octanol–water partition coefficient (Wildman–Crippen LogP) is 7.11. The maximum absolute atomic E-state index is 13.9. The van der Waals surface area contributed by atoms with Crippen molar-refractivity contribution in [3.63, 3.8) is 0 Å². The summed E-state index contributed by atoms with van der Waals surface area (Å²) < 4.78 is 20.0. The third kappa shape index (κ3) is 4.14. The summed E-state index contributed by atoms with van der Waals surface area (Å²) in [4.78, 5) is 19.6. The van der Waals surface area contributed by atoms with Crippen molar-refractivity contribution in [3.8, 4) is 11.5 Å². The van der Waals surface area contributed by atoms with Gasteiger partial charge in [0, 0.05) is 40.6 Å². The minimum absolute atomic E-state index is 0.0834. The second-order valence-corrected chi connectivity index (χ2v) is 8.60. The molecule has 0 fully saturated rings. The summed E-state index contributed by atoms with van der Waals surface area (Å²) in [5, 5.41) is 3.99. The topological polar surface area (TPSA) is 54.5 Å². The fourth-order valence-corrected chi connectivity index (χ4v) is 4.59. The first-order chi connectivity index (χ1) is 17.7. The zero-order valence-corrected chi connectivity index (χ0v) is 19.3. The number of hydrogen-bond acceptors (Lipinski definition) is 4. The van der Waals surface area contributed by atoms with Crippen LogP contribution in [0.1, 0.15) is 15.9 Å².